The lowest BCUT2D eigenvalue weighted by Gasteiger charge is -2.41. The highest BCUT2D eigenvalue weighted by Crippen LogP contribution is 2.50. The molecule has 0 amide bonds. The quantitative estimate of drug-likeness (QED) is 0.681. The van der Waals surface area contributed by atoms with E-state index in [4.69, 9.17) is 32.7 Å². The van der Waals surface area contributed by atoms with E-state index in [1.54, 1.807) is 6.08 Å². The molecule has 0 radical (unpaired) electrons. The number of hydrogen-bond acceptors (Lipinski definition) is 2. The third-order valence-electron chi connectivity index (χ3n) is 4.52. The summed E-state index contributed by atoms with van der Waals surface area (Å²) < 4.78 is 11.6. The highest BCUT2D eigenvalue weighted by atomic mass is 35.5. The van der Waals surface area contributed by atoms with Crippen molar-refractivity contribution in [3.63, 3.8) is 0 Å². The minimum Gasteiger partial charge on any atom is -0.492 e. The summed E-state index contributed by atoms with van der Waals surface area (Å²) in [7, 11) is 0. The van der Waals surface area contributed by atoms with E-state index >= 15 is 0 Å². The largest absolute Gasteiger partial charge is 0.492 e. The van der Waals surface area contributed by atoms with Gasteiger partial charge in [-0.15, -0.1) is 23.2 Å². The van der Waals surface area contributed by atoms with Crippen molar-refractivity contribution in [2.45, 2.75) is 24.6 Å². The number of alkyl halides is 2. The van der Waals surface area contributed by atoms with Crippen LogP contribution in [0.25, 0.3) is 6.08 Å². The Labute approximate surface area is 136 Å². The van der Waals surface area contributed by atoms with Gasteiger partial charge < -0.3 is 9.47 Å². The summed E-state index contributed by atoms with van der Waals surface area (Å²) in [5, 5.41) is 0. The first-order valence-corrected chi connectivity index (χ1v) is 8.40. The Bertz CT molecular complexity index is 509. The van der Waals surface area contributed by atoms with Crippen molar-refractivity contribution in [3.8, 4) is 5.75 Å². The lowest BCUT2D eigenvalue weighted by molar-refractivity contribution is -0.144. The maximum atomic E-state index is 6.17. The van der Waals surface area contributed by atoms with Crippen LogP contribution < -0.4 is 4.74 Å². The van der Waals surface area contributed by atoms with Gasteiger partial charge in [0.15, 0.2) is 0 Å². The van der Waals surface area contributed by atoms with Gasteiger partial charge in [0.05, 0.1) is 37.0 Å². The fourth-order valence-electron chi connectivity index (χ4n) is 3.00. The molecule has 2 aliphatic rings. The molecule has 4 heteroatoms. The fourth-order valence-corrected chi connectivity index (χ4v) is 3.39. The van der Waals surface area contributed by atoms with Crippen LogP contribution >= 0.6 is 23.2 Å². The standard InChI is InChI=1S/C17H20Cl2O2/c1-2-12-5-13(7-18)16(14(6-12)8-19)21-11-17(9-20-10-17)15-3-4-15/h2,5-6,15H,1,3-4,7-11H2. The summed E-state index contributed by atoms with van der Waals surface area (Å²) >= 11 is 12.2. The molecule has 114 valence electrons. The first kappa shape index (κ1) is 15.2. The molecule has 1 saturated carbocycles. The van der Waals surface area contributed by atoms with Crippen LogP contribution in [0.2, 0.25) is 0 Å². The van der Waals surface area contributed by atoms with Crippen molar-refractivity contribution in [1.82, 2.24) is 0 Å². The van der Waals surface area contributed by atoms with Gasteiger partial charge in [-0.05, 0) is 36.5 Å². The van der Waals surface area contributed by atoms with Crippen LogP contribution in [0.15, 0.2) is 18.7 Å². The predicted molar refractivity (Wildman–Crippen MR) is 87.1 cm³/mol. The molecule has 1 saturated heterocycles. The SMILES string of the molecule is C=Cc1cc(CCl)c(OCC2(C3CC3)COC2)c(CCl)c1. The highest BCUT2D eigenvalue weighted by Gasteiger charge is 2.51. The highest BCUT2D eigenvalue weighted by molar-refractivity contribution is 6.18. The molecule has 0 N–H and O–H groups in total. The molecule has 0 atom stereocenters. The van der Waals surface area contributed by atoms with E-state index < -0.39 is 0 Å². The Hall–Kier alpha value is -0.700. The van der Waals surface area contributed by atoms with Crippen molar-refractivity contribution >= 4 is 29.3 Å². The molecule has 2 fully saturated rings. The van der Waals surface area contributed by atoms with Crippen LogP contribution in [0.4, 0.5) is 0 Å². The molecule has 1 aromatic carbocycles. The molecule has 3 rings (SSSR count). The Morgan fingerprint density at radius 3 is 2.24 bits per heavy atom. The van der Waals surface area contributed by atoms with Crippen LogP contribution in [-0.4, -0.2) is 19.8 Å². The van der Waals surface area contributed by atoms with Crippen LogP contribution in [0.1, 0.15) is 29.5 Å². The molecule has 0 aromatic heterocycles. The molecule has 0 unspecified atom stereocenters. The molecule has 1 aliphatic heterocycles. The zero-order valence-corrected chi connectivity index (χ0v) is 13.6. The van der Waals surface area contributed by atoms with Crippen LogP contribution in [0.5, 0.6) is 5.75 Å². The third-order valence-corrected chi connectivity index (χ3v) is 5.09. The predicted octanol–water partition coefficient (Wildman–Crippen LogP) is 4.61. The minimum absolute atomic E-state index is 0.213. The average molecular weight is 327 g/mol. The molecule has 0 spiro atoms. The maximum Gasteiger partial charge on any atom is 0.128 e. The van der Waals surface area contributed by atoms with Crippen molar-refractivity contribution in [2.24, 2.45) is 11.3 Å². The number of benzene rings is 1. The molecular formula is C17H20Cl2O2. The van der Waals surface area contributed by atoms with Crippen LogP contribution in [-0.2, 0) is 16.5 Å². The van der Waals surface area contributed by atoms with Gasteiger partial charge in [0.1, 0.15) is 5.75 Å². The number of ether oxygens (including phenoxy) is 2. The van der Waals surface area contributed by atoms with Crippen LogP contribution in [0.3, 0.4) is 0 Å². The second kappa shape index (κ2) is 6.20. The molecule has 1 aliphatic carbocycles. The van der Waals surface area contributed by atoms with Crippen molar-refractivity contribution in [1.29, 1.82) is 0 Å². The van der Waals surface area contributed by atoms with Gasteiger partial charge in [-0.25, -0.2) is 0 Å². The number of rotatable bonds is 7. The van der Waals surface area contributed by atoms with E-state index in [0.717, 1.165) is 41.6 Å². The fraction of sp³-hybridized carbons (Fsp3) is 0.529. The van der Waals surface area contributed by atoms with Gasteiger partial charge in [-0.3, -0.25) is 0 Å². The molecular weight excluding hydrogens is 307 g/mol. The van der Waals surface area contributed by atoms with E-state index in [2.05, 4.69) is 6.58 Å². The second-order valence-corrected chi connectivity index (χ2v) is 6.59. The van der Waals surface area contributed by atoms with Gasteiger partial charge in [-0.2, -0.15) is 0 Å². The first-order valence-electron chi connectivity index (χ1n) is 7.33. The second-order valence-electron chi connectivity index (χ2n) is 6.06. The summed E-state index contributed by atoms with van der Waals surface area (Å²) in [5.74, 6) is 2.43. The summed E-state index contributed by atoms with van der Waals surface area (Å²) in [4.78, 5) is 0. The average Bonchev–Trinajstić information content (AvgIpc) is 3.30. The van der Waals surface area contributed by atoms with E-state index in [1.807, 2.05) is 12.1 Å². The van der Waals surface area contributed by atoms with Crippen LogP contribution in [0, 0.1) is 11.3 Å². The Morgan fingerprint density at radius 2 is 1.86 bits per heavy atom. The molecule has 21 heavy (non-hydrogen) atoms. The molecule has 2 nitrogen and oxygen atoms in total. The Balaban J connectivity index is 1.81. The van der Waals surface area contributed by atoms with Crippen molar-refractivity contribution in [2.75, 3.05) is 19.8 Å². The molecule has 1 aromatic rings. The maximum absolute atomic E-state index is 6.17. The van der Waals surface area contributed by atoms with E-state index in [0.29, 0.717) is 18.4 Å². The van der Waals surface area contributed by atoms with E-state index in [1.165, 1.54) is 12.8 Å². The summed E-state index contributed by atoms with van der Waals surface area (Å²) in [6, 6.07) is 4.04. The minimum atomic E-state index is 0.213. The van der Waals surface area contributed by atoms with Crippen molar-refractivity contribution < 1.29 is 9.47 Å². The monoisotopic (exact) mass is 326 g/mol. The lowest BCUT2D eigenvalue weighted by atomic mass is 9.81. The number of hydrogen-bond donors (Lipinski definition) is 0. The van der Waals surface area contributed by atoms with E-state index in [-0.39, 0.29) is 5.41 Å². The number of halogens is 2. The van der Waals surface area contributed by atoms with Crippen molar-refractivity contribution in [3.05, 3.63) is 35.4 Å². The summed E-state index contributed by atoms with van der Waals surface area (Å²) in [5.41, 5.74) is 3.20. The van der Waals surface area contributed by atoms with Gasteiger partial charge in [0.2, 0.25) is 0 Å². The van der Waals surface area contributed by atoms with Gasteiger partial charge in [-0.1, -0.05) is 12.7 Å². The Kier molecular flexibility index (Phi) is 4.49. The Morgan fingerprint density at radius 1 is 1.24 bits per heavy atom. The third kappa shape index (κ3) is 2.94. The summed E-state index contributed by atoms with van der Waals surface area (Å²) in [6.45, 7) is 6.13. The molecule has 1 heterocycles. The molecule has 0 bridgehead atoms. The normalized spacial score (nSPS) is 19.9. The lowest BCUT2D eigenvalue weighted by Crippen LogP contribution is -2.49. The van der Waals surface area contributed by atoms with Gasteiger partial charge in [0, 0.05) is 11.1 Å². The zero-order chi connectivity index (χ0) is 14.9. The smallest absolute Gasteiger partial charge is 0.128 e. The van der Waals surface area contributed by atoms with Gasteiger partial charge >= 0.3 is 0 Å². The topological polar surface area (TPSA) is 18.5 Å². The first-order chi connectivity index (χ1) is 10.2. The summed E-state index contributed by atoms with van der Waals surface area (Å²) in [6.07, 6.45) is 4.40. The van der Waals surface area contributed by atoms with E-state index in [9.17, 15) is 0 Å². The van der Waals surface area contributed by atoms with Gasteiger partial charge in [0.25, 0.3) is 0 Å². The zero-order valence-electron chi connectivity index (χ0n) is 12.0.